The highest BCUT2D eigenvalue weighted by atomic mass is 35.5. The molecule has 0 unspecified atom stereocenters. The molecule has 0 spiro atoms. The van der Waals surface area contributed by atoms with Gasteiger partial charge in [0, 0.05) is 42.1 Å². The van der Waals surface area contributed by atoms with E-state index >= 15 is 0 Å². The third-order valence-electron chi connectivity index (χ3n) is 6.62. The first kappa shape index (κ1) is 23.6. The summed E-state index contributed by atoms with van der Waals surface area (Å²) >= 11 is 6.83. The number of ether oxygens (including phenoxy) is 2. The Morgan fingerprint density at radius 3 is 2.51 bits per heavy atom. The van der Waals surface area contributed by atoms with Crippen molar-refractivity contribution in [1.82, 2.24) is 15.6 Å². The zero-order valence-electron chi connectivity index (χ0n) is 19.6. The van der Waals surface area contributed by atoms with Gasteiger partial charge >= 0.3 is 6.09 Å². The van der Waals surface area contributed by atoms with Gasteiger partial charge < -0.3 is 20.1 Å². The number of nitrogens with zero attached hydrogens (tertiary/aromatic N) is 1. The van der Waals surface area contributed by atoms with Crippen molar-refractivity contribution in [1.29, 1.82) is 0 Å². The minimum atomic E-state index is -0.901. The van der Waals surface area contributed by atoms with Crippen LogP contribution < -0.4 is 15.4 Å². The van der Waals surface area contributed by atoms with Crippen LogP contribution in [0.4, 0.5) is 9.18 Å². The van der Waals surface area contributed by atoms with Gasteiger partial charge in [0.2, 0.25) is 5.88 Å². The van der Waals surface area contributed by atoms with E-state index in [4.69, 9.17) is 21.1 Å². The van der Waals surface area contributed by atoms with Crippen molar-refractivity contribution in [2.75, 3.05) is 13.1 Å². The number of hydrogen-bond donors (Lipinski definition) is 2. The maximum Gasteiger partial charge on any atom is 0.408 e. The number of carbonyl (C=O) groups is 1. The number of aromatic nitrogens is 1. The van der Waals surface area contributed by atoms with E-state index in [1.807, 2.05) is 44.2 Å². The van der Waals surface area contributed by atoms with Crippen molar-refractivity contribution in [2.45, 2.75) is 32.1 Å². The molecule has 35 heavy (non-hydrogen) atoms. The van der Waals surface area contributed by atoms with E-state index in [1.54, 1.807) is 18.2 Å². The van der Waals surface area contributed by atoms with E-state index in [0.717, 1.165) is 18.7 Å². The normalized spacial score (nSPS) is 20.7. The number of nitrogens with one attached hydrogen (secondary N) is 2. The summed E-state index contributed by atoms with van der Waals surface area (Å²) in [5.74, 6) is 1.03. The van der Waals surface area contributed by atoms with Gasteiger partial charge in [-0.25, -0.2) is 14.2 Å². The predicted molar refractivity (Wildman–Crippen MR) is 132 cm³/mol. The first-order valence-electron chi connectivity index (χ1n) is 11.6. The van der Waals surface area contributed by atoms with Crippen LogP contribution in [0.25, 0.3) is 11.3 Å². The Morgan fingerprint density at radius 1 is 1.14 bits per heavy atom. The molecule has 2 heterocycles. The van der Waals surface area contributed by atoms with Crippen LogP contribution in [0, 0.1) is 17.7 Å². The lowest BCUT2D eigenvalue weighted by Crippen LogP contribution is -2.41. The van der Waals surface area contributed by atoms with Crippen molar-refractivity contribution in [3.8, 4) is 17.1 Å². The Morgan fingerprint density at radius 2 is 1.83 bits per heavy atom. The molecule has 1 amide bonds. The molecule has 1 aliphatic heterocycles. The summed E-state index contributed by atoms with van der Waals surface area (Å²) in [6, 6.07) is 17.2. The number of rotatable bonds is 7. The predicted octanol–water partition coefficient (Wildman–Crippen LogP) is 5.30. The molecule has 1 aromatic heterocycles. The van der Waals surface area contributed by atoms with Gasteiger partial charge in [-0.2, -0.15) is 0 Å². The lowest BCUT2D eigenvalue weighted by Gasteiger charge is -2.28. The van der Waals surface area contributed by atoms with Gasteiger partial charge in [0.25, 0.3) is 0 Å². The average Bonchev–Trinajstić information content (AvgIpc) is 3.24. The van der Waals surface area contributed by atoms with Gasteiger partial charge in [0.15, 0.2) is 0 Å². The summed E-state index contributed by atoms with van der Waals surface area (Å²) in [7, 11) is 0. The monoisotopic (exact) mass is 495 g/mol. The van der Waals surface area contributed by atoms with Gasteiger partial charge in [-0.05, 0) is 43.7 Å². The van der Waals surface area contributed by atoms with E-state index < -0.39 is 11.6 Å². The molecule has 1 saturated heterocycles. The number of piperidine rings is 1. The minimum absolute atomic E-state index is 0.103. The SMILES string of the molecule is CC(C)(NC(=O)OCc1ccccc1)c1cc(O[C@H]2[C@@H]3CNC[C@@H]32)nc(-c2ccc(F)cc2)c1Cl. The number of amides is 1. The molecule has 8 heteroatoms. The smallest absolute Gasteiger partial charge is 0.408 e. The van der Waals surface area contributed by atoms with Crippen LogP contribution in [0.3, 0.4) is 0 Å². The molecule has 0 bridgehead atoms. The minimum Gasteiger partial charge on any atom is -0.474 e. The van der Waals surface area contributed by atoms with Crippen LogP contribution >= 0.6 is 11.6 Å². The van der Waals surface area contributed by atoms with Crippen LogP contribution in [0.5, 0.6) is 5.88 Å². The Bertz CT molecular complexity index is 1210. The summed E-state index contributed by atoms with van der Waals surface area (Å²) in [6.07, 6.45) is -0.467. The third-order valence-corrected chi connectivity index (χ3v) is 7.01. The molecule has 3 atom stereocenters. The fourth-order valence-electron chi connectivity index (χ4n) is 4.58. The Kier molecular flexibility index (Phi) is 6.38. The molecule has 0 radical (unpaired) electrons. The lowest BCUT2D eigenvalue weighted by atomic mass is 9.93. The molecule has 5 rings (SSSR count). The van der Waals surface area contributed by atoms with Crippen molar-refractivity contribution in [2.24, 2.45) is 11.8 Å². The van der Waals surface area contributed by atoms with Crippen LogP contribution in [0.2, 0.25) is 5.02 Å². The number of alkyl carbamates (subject to hydrolysis) is 1. The molecule has 182 valence electrons. The van der Waals surface area contributed by atoms with Gasteiger partial charge in [-0.3, -0.25) is 0 Å². The number of pyridine rings is 1. The van der Waals surface area contributed by atoms with Crippen molar-refractivity contribution < 1.29 is 18.7 Å². The second-order valence-corrected chi connectivity index (χ2v) is 9.94. The van der Waals surface area contributed by atoms with E-state index in [9.17, 15) is 9.18 Å². The second kappa shape index (κ2) is 9.47. The summed E-state index contributed by atoms with van der Waals surface area (Å²) in [5.41, 5.74) is 1.74. The lowest BCUT2D eigenvalue weighted by molar-refractivity contribution is 0.129. The Balaban J connectivity index is 1.41. The van der Waals surface area contributed by atoms with Crippen LogP contribution in [0.1, 0.15) is 25.0 Å². The Labute approximate surface area is 208 Å². The Hall–Kier alpha value is -3.16. The number of carbonyl (C=O) groups excluding carboxylic acids is 1. The topological polar surface area (TPSA) is 72.5 Å². The van der Waals surface area contributed by atoms with E-state index in [0.29, 0.717) is 39.6 Å². The van der Waals surface area contributed by atoms with Crippen LogP contribution in [-0.2, 0) is 16.9 Å². The standard InChI is InChI=1S/C27H27ClFN3O3/c1-27(2,32-26(33)34-15-16-6-4-3-5-7-16)21-12-22(35-25-19-13-30-14-20(19)25)31-24(23(21)28)17-8-10-18(29)11-9-17/h3-12,19-20,25,30H,13-15H2,1-2H3,(H,32,33)/t19-,20+,25+. The molecule has 2 aromatic carbocycles. The summed E-state index contributed by atoms with van der Waals surface area (Å²) in [4.78, 5) is 17.3. The number of benzene rings is 2. The van der Waals surface area contributed by atoms with E-state index in [2.05, 4.69) is 15.6 Å². The molecule has 2 N–H and O–H groups in total. The quantitative estimate of drug-likeness (QED) is 0.465. The number of hydrogen-bond acceptors (Lipinski definition) is 5. The first-order valence-corrected chi connectivity index (χ1v) is 12.0. The largest absolute Gasteiger partial charge is 0.474 e. The van der Waals surface area contributed by atoms with E-state index in [1.165, 1.54) is 12.1 Å². The van der Waals surface area contributed by atoms with E-state index in [-0.39, 0.29) is 18.5 Å². The highest BCUT2D eigenvalue weighted by Crippen LogP contribution is 2.45. The summed E-state index contributed by atoms with van der Waals surface area (Å²) < 4.78 is 25.2. The van der Waals surface area contributed by atoms with Crippen molar-refractivity contribution in [3.63, 3.8) is 0 Å². The molecule has 6 nitrogen and oxygen atoms in total. The summed E-state index contributed by atoms with van der Waals surface area (Å²) in [5, 5.41) is 6.62. The van der Waals surface area contributed by atoms with Gasteiger partial charge in [0.05, 0.1) is 16.3 Å². The highest BCUT2D eigenvalue weighted by molar-refractivity contribution is 6.34. The molecule has 3 aromatic rings. The summed E-state index contributed by atoms with van der Waals surface area (Å²) in [6.45, 7) is 5.69. The molecular weight excluding hydrogens is 469 g/mol. The maximum atomic E-state index is 13.6. The first-order chi connectivity index (χ1) is 16.8. The second-order valence-electron chi connectivity index (χ2n) is 9.56. The molecule has 1 saturated carbocycles. The zero-order valence-corrected chi connectivity index (χ0v) is 20.3. The molecule has 1 aliphatic carbocycles. The van der Waals surface area contributed by atoms with Gasteiger partial charge in [-0.15, -0.1) is 0 Å². The number of halogens is 2. The van der Waals surface area contributed by atoms with Crippen LogP contribution in [0.15, 0.2) is 60.7 Å². The van der Waals surface area contributed by atoms with Crippen LogP contribution in [-0.4, -0.2) is 30.3 Å². The molecule has 2 aliphatic rings. The maximum absolute atomic E-state index is 13.6. The molecular formula is C27H27ClFN3O3. The van der Waals surface area contributed by atoms with Crippen molar-refractivity contribution >= 4 is 17.7 Å². The highest BCUT2D eigenvalue weighted by Gasteiger charge is 2.55. The average molecular weight is 496 g/mol. The fraction of sp³-hybridized carbons (Fsp3) is 0.333. The zero-order chi connectivity index (χ0) is 24.6. The fourth-order valence-corrected chi connectivity index (χ4v) is 5.02. The number of fused-ring (bicyclic) bond motifs is 1. The van der Waals surface area contributed by atoms with Gasteiger partial charge in [0.1, 0.15) is 18.5 Å². The third kappa shape index (κ3) is 5.11. The van der Waals surface area contributed by atoms with Gasteiger partial charge in [-0.1, -0.05) is 41.9 Å². The molecule has 2 fully saturated rings. The van der Waals surface area contributed by atoms with Crippen molar-refractivity contribution in [3.05, 3.63) is 82.6 Å².